The fourth-order valence-corrected chi connectivity index (χ4v) is 2.86. The Labute approximate surface area is 93.2 Å². The SMILES string of the molecule is CSCCCC1(N)CCCCCCC1. The second kappa shape index (κ2) is 6.73. The van der Waals surface area contributed by atoms with Crippen LogP contribution in [0.2, 0.25) is 0 Å². The van der Waals surface area contributed by atoms with E-state index in [0.29, 0.717) is 0 Å². The Bertz CT molecular complexity index is 139. The Hall–Kier alpha value is 0.310. The van der Waals surface area contributed by atoms with Crippen molar-refractivity contribution < 1.29 is 0 Å². The van der Waals surface area contributed by atoms with Crippen LogP contribution in [-0.2, 0) is 0 Å². The van der Waals surface area contributed by atoms with Crippen LogP contribution in [0.4, 0.5) is 0 Å². The van der Waals surface area contributed by atoms with Gasteiger partial charge in [-0.25, -0.2) is 0 Å². The monoisotopic (exact) mass is 215 g/mol. The molecule has 0 atom stereocenters. The van der Waals surface area contributed by atoms with E-state index in [-0.39, 0.29) is 5.54 Å². The molecule has 0 aromatic rings. The van der Waals surface area contributed by atoms with E-state index in [2.05, 4.69) is 6.26 Å². The summed E-state index contributed by atoms with van der Waals surface area (Å²) in [7, 11) is 0. The van der Waals surface area contributed by atoms with Gasteiger partial charge in [-0.05, 0) is 37.7 Å². The van der Waals surface area contributed by atoms with Gasteiger partial charge in [-0.15, -0.1) is 0 Å². The van der Waals surface area contributed by atoms with Crippen LogP contribution in [0.25, 0.3) is 0 Å². The molecule has 0 bridgehead atoms. The molecule has 1 rings (SSSR count). The molecule has 0 aromatic carbocycles. The van der Waals surface area contributed by atoms with Crippen LogP contribution in [0.5, 0.6) is 0 Å². The highest BCUT2D eigenvalue weighted by atomic mass is 32.2. The van der Waals surface area contributed by atoms with Gasteiger partial charge in [0.1, 0.15) is 0 Å². The first kappa shape index (κ1) is 12.4. The van der Waals surface area contributed by atoms with E-state index in [1.165, 1.54) is 63.5 Å². The molecule has 0 radical (unpaired) electrons. The quantitative estimate of drug-likeness (QED) is 0.726. The maximum absolute atomic E-state index is 6.46. The number of rotatable bonds is 4. The van der Waals surface area contributed by atoms with Crippen LogP contribution >= 0.6 is 11.8 Å². The lowest BCUT2D eigenvalue weighted by Gasteiger charge is -2.31. The molecule has 0 amide bonds. The lowest BCUT2D eigenvalue weighted by molar-refractivity contribution is 0.296. The molecule has 14 heavy (non-hydrogen) atoms. The number of hydrogen-bond donors (Lipinski definition) is 1. The first-order valence-electron chi connectivity index (χ1n) is 6.05. The zero-order chi connectivity index (χ0) is 10.3. The first-order valence-corrected chi connectivity index (χ1v) is 7.44. The van der Waals surface area contributed by atoms with Gasteiger partial charge in [0.15, 0.2) is 0 Å². The lowest BCUT2D eigenvalue weighted by Crippen LogP contribution is -2.40. The molecule has 1 aliphatic rings. The Morgan fingerprint density at radius 3 is 2.21 bits per heavy atom. The van der Waals surface area contributed by atoms with Crippen molar-refractivity contribution in [2.45, 2.75) is 63.3 Å². The highest BCUT2D eigenvalue weighted by Crippen LogP contribution is 2.28. The first-order chi connectivity index (χ1) is 6.77. The van der Waals surface area contributed by atoms with Gasteiger partial charge in [-0.3, -0.25) is 0 Å². The molecule has 0 aromatic heterocycles. The van der Waals surface area contributed by atoms with Crippen LogP contribution in [-0.4, -0.2) is 17.5 Å². The lowest BCUT2D eigenvalue weighted by atomic mass is 9.82. The molecule has 2 N–H and O–H groups in total. The highest BCUT2D eigenvalue weighted by Gasteiger charge is 2.24. The van der Waals surface area contributed by atoms with Gasteiger partial charge in [-0.2, -0.15) is 11.8 Å². The summed E-state index contributed by atoms with van der Waals surface area (Å²) in [4.78, 5) is 0. The van der Waals surface area contributed by atoms with Gasteiger partial charge >= 0.3 is 0 Å². The number of nitrogens with two attached hydrogens (primary N) is 1. The summed E-state index contributed by atoms with van der Waals surface area (Å²) in [5.41, 5.74) is 6.65. The average molecular weight is 215 g/mol. The summed E-state index contributed by atoms with van der Waals surface area (Å²) in [5, 5.41) is 0. The fourth-order valence-electron chi connectivity index (χ4n) is 2.43. The van der Waals surface area contributed by atoms with Crippen LogP contribution in [0.3, 0.4) is 0 Å². The van der Waals surface area contributed by atoms with Crippen LogP contribution < -0.4 is 5.73 Å². The molecule has 1 saturated carbocycles. The maximum Gasteiger partial charge on any atom is 0.0154 e. The topological polar surface area (TPSA) is 26.0 Å². The third kappa shape index (κ3) is 4.70. The predicted molar refractivity (Wildman–Crippen MR) is 66.9 cm³/mol. The van der Waals surface area contributed by atoms with Gasteiger partial charge in [0.25, 0.3) is 0 Å². The minimum Gasteiger partial charge on any atom is -0.325 e. The largest absolute Gasteiger partial charge is 0.325 e. The summed E-state index contributed by atoms with van der Waals surface area (Å²) < 4.78 is 0. The molecule has 0 saturated heterocycles. The van der Waals surface area contributed by atoms with Crippen molar-refractivity contribution in [1.82, 2.24) is 0 Å². The molecule has 2 heteroatoms. The van der Waals surface area contributed by atoms with E-state index < -0.39 is 0 Å². The Kier molecular flexibility index (Phi) is 5.95. The van der Waals surface area contributed by atoms with E-state index in [0.717, 1.165) is 0 Å². The fraction of sp³-hybridized carbons (Fsp3) is 1.00. The van der Waals surface area contributed by atoms with Gasteiger partial charge < -0.3 is 5.73 Å². The zero-order valence-electron chi connectivity index (χ0n) is 9.56. The third-order valence-corrected chi connectivity index (χ3v) is 4.07. The predicted octanol–water partition coefficient (Wildman–Crippen LogP) is 3.57. The number of thioether (sulfide) groups is 1. The van der Waals surface area contributed by atoms with Crippen LogP contribution in [0, 0.1) is 0 Å². The Balaban J connectivity index is 2.27. The third-order valence-electron chi connectivity index (χ3n) is 3.37. The smallest absolute Gasteiger partial charge is 0.0154 e. The van der Waals surface area contributed by atoms with Gasteiger partial charge in [-0.1, -0.05) is 32.1 Å². The van der Waals surface area contributed by atoms with Gasteiger partial charge in [0.05, 0.1) is 0 Å². The van der Waals surface area contributed by atoms with Crippen LogP contribution in [0.15, 0.2) is 0 Å². The van der Waals surface area contributed by atoms with Crippen molar-refractivity contribution in [3.8, 4) is 0 Å². The number of hydrogen-bond acceptors (Lipinski definition) is 2. The van der Waals surface area contributed by atoms with Crippen molar-refractivity contribution in [1.29, 1.82) is 0 Å². The molecule has 0 heterocycles. The van der Waals surface area contributed by atoms with Crippen molar-refractivity contribution in [2.75, 3.05) is 12.0 Å². The highest BCUT2D eigenvalue weighted by molar-refractivity contribution is 7.98. The van der Waals surface area contributed by atoms with Crippen LogP contribution in [0.1, 0.15) is 57.8 Å². The van der Waals surface area contributed by atoms with Crippen molar-refractivity contribution >= 4 is 11.8 Å². The van der Waals surface area contributed by atoms with Crippen molar-refractivity contribution in [3.05, 3.63) is 0 Å². The van der Waals surface area contributed by atoms with Crippen molar-refractivity contribution in [2.24, 2.45) is 5.73 Å². The Morgan fingerprint density at radius 1 is 1.07 bits per heavy atom. The second-order valence-electron chi connectivity index (χ2n) is 4.73. The summed E-state index contributed by atoms with van der Waals surface area (Å²) in [6.45, 7) is 0. The molecular formula is C12H25NS. The van der Waals surface area contributed by atoms with E-state index >= 15 is 0 Å². The standard InChI is InChI=1S/C12H25NS/c1-14-11-7-10-12(13)8-5-3-2-4-6-9-12/h2-11,13H2,1H3. The molecule has 1 nitrogen and oxygen atoms in total. The summed E-state index contributed by atoms with van der Waals surface area (Å²) in [6.07, 6.45) is 14.2. The summed E-state index contributed by atoms with van der Waals surface area (Å²) in [5.74, 6) is 1.28. The van der Waals surface area contributed by atoms with E-state index in [1.54, 1.807) is 0 Å². The molecule has 0 unspecified atom stereocenters. The molecular weight excluding hydrogens is 190 g/mol. The Morgan fingerprint density at radius 2 is 1.64 bits per heavy atom. The zero-order valence-corrected chi connectivity index (χ0v) is 10.4. The van der Waals surface area contributed by atoms with E-state index in [1.807, 2.05) is 11.8 Å². The summed E-state index contributed by atoms with van der Waals surface area (Å²) >= 11 is 1.94. The van der Waals surface area contributed by atoms with E-state index in [9.17, 15) is 0 Å². The average Bonchev–Trinajstić information content (AvgIpc) is 2.13. The summed E-state index contributed by atoms with van der Waals surface area (Å²) in [6, 6.07) is 0. The second-order valence-corrected chi connectivity index (χ2v) is 5.71. The maximum atomic E-state index is 6.46. The van der Waals surface area contributed by atoms with Gasteiger partial charge in [0, 0.05) is 5.54 Å². The molecule has 0 aliphatic heterocycles. The van der Waals surface area contributed by atoms with Gasteiger partial charge in [0.2, 0.25) is 0 Å². The van der Waals surface area contributed by atoms with E-state index in [4.69, 9.17) is 5.73 Å². The molecule has 0 spiro atoms. The molecule has 84 valence electrons. The normalized spacial score (nSPS) is 22.7. The minimum absolute atomic E-state index is 0.191. The van der Waals surface area contributed by atoms with Crippen molar-refractivity contribution in [3.63, 3.8) is 0 Å². The molecule has 1 fully saturated rings. The minimum atomic E-state index is 0.191. The molecule has 1 aliphatic carbocycles.